The fourth-order valence-electron chi connectivity index (χ4n) is 3.26. The highest BCUT2D eigenvalue weighted by atomic mass is 35.5. The summed E-state index contributed by atoms with van der Waals surface area (Å²) in [6, 6.07) is 4.58. The molecule has 0 radical (unpaired) electrons. The topological polar surface area (TPSA) is 35.5 Å². The van der Waals surface area contributed by atoms with Crippen LogP contribution in [0.5, 0.6) is 0 Å². The molecule has 1 aromatic carbocycles. The van der Waals surface area contributed by atoms with Crippen LogP contribution in [0, 0.1) is 11.7 Å². The maximum atomic E-state index is 14.0. The molecule has 2 heterocycles. The highest BCUT2D eigenvalue weighted by Crippen LogP contribution is 2.38. The minimum absolute atomic E-state index is 0.00584. The molecule has 0 saturated carbocycles. The molecule has 0 aromatic heterocycles. The maximum Gasteiger partial charge on any atom is 0.169 e. The van der Waals surface area contributed by atoms with Crippen molar-refractivity contribution >= 4 is 17.4 Å². The molecule has 0 aliphatic carbocycles. The van der Waals surface area contributed by atoms with E-state index >= 15 is 0 Å². The third-order valence-corrected chi connectivity index (χ3v) is 4.78. The van der Waals surface area contributed by atoms with Crippen LogP contribution in [0.4, 0.5) is 4.39 Å². The molecule has 5 heteroatoms. The van der Waals surface area contributed by atoms with Crippen LogP contribution >= 0.6 is 11.6 Å². The van der Waals surface area contributed by atoms with Crippen LogP contribution < -0.4 is 0 Å². The monoisotopic (exact) mass is 312 g/mol. The van der Waals surface area contributed by atoms with Gasteiger partial charge >= 0.3 is 0 Å². The Labute approximate surface area is 128 Å². The van der Waals surface area contributed by atoms with Gasteiger partial charge in [0.2, 0.25) is 0 Å². The fraction of sp³-hybridized carbons (Fsp3) is 0.562. The molecule has 3 nitrogen and oxygen atoms in total. The van der Waals surface area contributed by atoms with Crippen LogP contribution in [-0.4, -0.2) is 31.2 Å². The molecule has 0 bridgehead atoms. The fourth-order valence-corrected chi connectivity index (χ4v) is 3.43. The van der Waals surface area contributed by atoms with Gasteiger partial charge in [0.05, 0.1) is 16.2 Å². The van der Waals surface area contributed by atoms with Gasteiger partial charge in [0, 0.05) is 25.7 Å². The zero-order valence-corrected chi connectivity index (χ0v) is 12.5. The lowest BCUT2D eigenvalue weighted by molar-refractivity contribution is -0.142. The summed E-state index contributed by atoms with van der Waals surface area (Å²) in [7, 11) is 0. The van der Waals surface area contributed by atoms with Crippen molar-refractivity contribution < 1.29 is 18.7 Å². The lowest BCUT2D eigenvalue weighted by Gasteiger charge is -2.42. The van der Waals surface area contributed by atoms with Crippen molar-refractivity contribution in [1.29, 1.82) is 0 Å². The van der Waals surface area contributed by atoms with Crippen molar-refractivity contribution in [3.8, 4) is 0 Å². The standard InChI is InChI=1S/C16H18ClFO3/c17-13-3-1-2-12(14(13)18)15(19)11-4-7-21-16(10-11)5-8-20-9-6-16/h1-3,11H,4-10H2. The van der Waals surface area contributed by atoms with Crippen LogP contribution in [-0.2, 0) is 9.47 Å². The predicted octanol–water partition coefficient (Wildman–Crippen LogP) is 3.64. The van der Waals surface area contributed by atoms with Crippen LogP contribution in [0.25, 0.3) is 0 Å². The van der Waals surface area contributed by atoms with Crippen molar-refractivity contribution in [2.45, 2.75) is 31.3 Å². The van der Waals surface area contributed by atoms with Crippen molar-refractivity contribution in [1.82, 2.24) is 0 Å². The normalized spacial score (nSPS) is 25.0. The SMILES string of the molecule is O=C(c1cccc(Cl)c1F)C1CCOC2(CCOCC2)C1. The Bertz CT molecular complexity index is 535. The van der Waals surface area contributed by atoms with Gasteiger partial charge in [0.15, 0.2) is 11.6 Å². The van der Waals surface area contributed by atoms with E-state index in [9.17, 15) is 9.18 Å². The number of ether oxygens (including phenoxy) is 2. The molecular weight excluding hydrogens is 295 g/mol. The van der Waals surface area contributed by atoms with E-state index in [1.54, 1.807) is 6.07 Å². The number of Topliss-reactive ketones (excluding diaryl/α,β-unsaturated/α-hetero) is 1. The van der Waals surface area contributed by atoms with Crippen molar-refractivity contribution in [3.63, 3.8) is 0 Å². The van der Waals surface area contributed by atoms with E-state index in [4.69, 9.17) is 21.1 Å². The summed E-state index contributed by atoms with van der Waals surface area (Å²) < 4.78 is 25.3. The van der Waals surface area contributed by atoms with Gasteiger partial charge < -0.3 is 9.47 Å². The van der Waals surface area contributed by atoms with E-state index in [1.807, 2.05) is 0 Å². The van der Waals surface area contributed by atoms with Crippen molar-refractivity contribution in [3.05, 3.63) is 34.6 Å². The van der Waals surface area contributed by atoms with Crippen molar-refractivity contribution in [2.75, 3.05) is 19.8 Å². The molecule has 21 heavy (non-hydrogen) atoms. The Hall–Kier alpha value is -0.970. The average molecular weight is 313 g/mol. The Balaban J connectivity index is 1.79. The summed E-state index contributed by atoms with van der Waals surface area (Å²) in [6.45, 7) is 1.86. The van der Waals surface area contributed by atoms with Crippen LogP contribution in [0.3, 0.4) is 0 Å². The molecular formula is C16H18ClFO3. The first-order chi connectivity index (χ1) is 10.1. The summed E-state index contributed by atoms with van der Waals surface area (Å²) in [5, 5.41) is -0.00584. The van der Waals surface area contributed by atoms with E-state index in [1.165, 1.54) is 12.1 Å². The van der Waals surface area contributed by atoms with Crippen molar-refractivity contribution in [2.24, 2.45) is 5.92 Å². The van der Waals surface area contributed by atoms with Gasteiger partial charge in [-0.05, 0) is 37.8 Å². The Morgan fingerprint density at radius 1 is 1.29 bits per heavy atom. The lowest BCUT2D eigenvalue weighted by Crippen LogP contribution is -2.46. The first-order valence-electron chi connectivity index (χ1n) is 7.31. The second kappa shape index (κ2) is 6.03. The molecule has 114 valence electrons. The molecule has 2 aliphatic rings. The van der Waals surface area contributed by atoms with Gasteiger partial charge in [0.25, 0.3) is 0 Å². The second-order valence-corrected chi connectivity index (χ2v) is 6.21. The molecule has 2 fully saturated rings. The zero-order valence-electron chi connectivity index (χ0n) is 11.7. The number of carbonyl (C=O) groups is 1. The lowest BCUT2D eigenvalue weighted by atomic mass is 9.78. The minimum Gasteiger partial charge on any atom is -0.381 e. The summed E-state index contributed by atoms with van der Waals surface area (Å²) in [4.78, 5) is 12.6. The number of hydrogen-bond donors (Lipinski definition) is 0. The highest BCUT2D eigenvalue weighted by molar-refractivity contribution is 6.31. The van der Waals surface area contributed by atoms with Gasteiger partial charge in [-0.25, -0.2) is 4.39 Å². The van der Waals surface area contributed by atoms with E-state index in [0.717, 1.165) is 12.8 Å². The third kappa shape index (κ3) is 2.98. The zero-order chi connectivity index (χ0) is 14.9. The van der Waals surface area contributed by atoms with Gasteiger partial charge in [0.1, 0.15) is 0 Å². The predicted molar refractivity (Wildman–Crippen MR) is 77.2 cm³/mol. The summed E-state index contributed by atoms with van der Waals surface area (Å²) in [5.41, 5.74) is -0.178. The maximum absolute atomic E-state index is 14.0. The van der Waals surface area contributed by atoms with Crippen LogP contribution in [0.15, 0.2) is 18.2 Å². The smallest absolute Gasteiger partial charge is 0.169 e. The number of benzene rings is 1. The summed E-state index contributed by atoms with van der Waals surface area (Å²) in [6.07, 6.45) is 2.87. The number of rotatable bonds is 2. The number of hydrogen-bond acceptors (Lipinski definition) is 3. The highest BCUT2D eigenvalue weighted by Gasteiger charge is 2.41. The minimum atomic E-state index is -0.614. The molecule has 2 saturated heterocycles. The number of ketones is 1. The molecule has 3 rings (SSSR count). The van der Waals surface area contributed by atoms with Gasteiger partial charge in [-0.15, -0.1) is 0 Å². The first-order valence-corrected chi connectivity index (χ1v) is 7.69. The molecule has 0 amide bonds. The van der Waals surface area contributed by atoms with E-state index in [2.05, 4.69) is 0 Å². The molecule has 0 N–H and O–H groups in total. The third-order valence-electron chi connectivity index (χ3n) is 4.48. The summed E-state index contributed by atoms with van der Waals surface area (Å²) >= 11 is 5.77. The van der Waals surface area contributed by atoms with Crippen LogP contribution in [0.2, 0.25) is 5.02 Å². The Morgan fingerprint density at radius 2 is 2.05 bits per heavy atom. The largest absolute Gasteiger partial charge is 0.381 e. The number of halogens is 2. The molecule has 2 aliphatic heterocycles. The van der Waals surface area contributed by atoms with E-state index < -0.39 is 5.82 Å². The molecule has 1 unspecified atom stereocenters. The Kier molecular flexibility index (Phi) is 4.29. The van der Waals surface area contributed by atoms with Gasteiger partial charge in [-0.2, -0.15) is 0 Å². The van der Waals surface area contributed by atoms with Gasteiger partial charge in [-0.1, -0.05) is 17.7 Å². The summed E-state index contributed by atoms with van der Waals surface area (Å²) in [5.74, 6) is -0.981. The first kappa shape index (κ1) is 14.9. The van der Waals surface area contributed by atoms with E-state index in [0.29, 0.717) is 32.7 Å². The number of carbonyl (C=O) groups excluding carboxylic acids is 1. The van der Waals surface area contributed by atoms with Gasteiger partial charge in [-0.3, -0.25) is 4.79 Å². The molecule has 1 spiro atoms. The van der Waals surface area contributed by atoms with E-state index in [-0.39, 0.29) is 27.9 Å². The average Bonchev–Trinajstić information content (AvgIpc) is 2.50. The quantitative estimate of drug-likeness (QED) is 0.782. The Morgan fingerprint density at radius 3 is 2.81 bits per heavy atom. The molecule has 1 aromatic rings. The van der Waals surface area contributed by atoms with Crippen LogP contribution in [0.1, 0.15) is 36.0 Å². The molecule has 1 atom stereocenters. The second-order valence-electron chi connectivity index (χ2n) is 5.80.